The summed E-state index contributed by atoms with van der Waals surface area (Å²) in [6.45, 7) is 7.65. The molecular formula is C19H24BFN2O3. The van der Waals surface area contributed by atoms with Crippen molar-refractivity contribution < 1.29 is 18.1 Å². The Labute approximate surface area is 153 Å². The van der Waals surface area contributed by atoms with Gasteiger partial charge in [0.15, 0.2) is 0 Å². The van der Waals surface area contributed by atoms with Crippen molar-refractivity contribution in [1.82, 2.24) is 10.2 Å². The van der Waals surface area contributed by atoms with Gasteiger partial charge in [0.25, 0.3) is 0 Å². The Bertz CT molecular complexity index is 806. The van der Waals surface area contributed by atoms with Gasteiger partial charge in [-0.25, -0.2) is 4.39 Å². The van der Waals surface area contributed by atoms with Crippen molar-refractivity contribution in [2.24, 2.45) is 0 Å². The van der Waals surface area contributed by atoms with Gasteiger partial charge in [-0.05, 0) is 52.7 Å². The minimum atomic E-state index is -1.01. The minimum Gasteiger partial charge on any atom is -0.472 e. The van der Waals surface area contributed by atoms with E-state index in [-0.39, 0.29) is 0 Å². The number of aromatic nitrogens is 2. The topological polar surface area (TPSA) is 60.3 Å². The van der Waals surface area contributed by atoms with E-state index in [2.05, 4.69) is 10.2 Å². The number of aromatic amines is 1. The molecule has 2 aromatic rings. The van der Waals surface area contributed by atoms with E-state index in [0.717, 1.165) is 29.7 Å². The quantitative estimate of drug-likeness (QED) is 0.792. The number of halogens is 1. The van der Waals surface area contributed by atoms with Crippen LogP contribution < -0.4 is 0 Å². The zero-order valence-electron chi connectivity index (χ0n) is 15.6. The van der Waals surface area contributed by atoms with Crippen LogP contribution >= 0.6 is 0 Å². The fourth-order valence-electron chi connectivity index (χ4n) is 3.30. The average Bonchev–Trinajstić information content (AvgIpc) is 3.18. The van der Waals surface area contributed by atoms with Gasteiger partial charge in [0.2, 0.25) is 0 Å². The molecule has 2 aromatic heterocycles. The normalized spacial score (nSPS) is 22.7. The average molecular weight is 358 g/mol. The van der Waals surface area contributed by atoms with Crippen molar-refractivity contribution in [3.63, 3.8) is 0 Å². The standard InChI is InChI=1S/C19H24BFN2O3/c1-18(2)19(3,4)26-20(25-18)15(21)10-14-16(12-6-5-7-12)22-23-17(14)13-8-9-24-11-13/h8-12H,5-7H2,1-4H3,(H,22,23). The van der Waals surface area contributed by atoms with Gasteiger partial charge in [0.1, 0.15) is 11.4 Å². The molecule has 1 aliphatic carbocycles. The van der Waals surface area contributed by atoms with Crippen LogP contribution in [0.15, 0.2) is 28.7 Å². The first kappa shape index (κ1) is 17.6. The molecule has 0 spiro atoms. The van der Waals surface area contributed by atoms with E-state index in [4.69, 9.17) is 13.7 Å². The predicted octanol–water partition coefficient (Wildman–Crippen LogP) is 4.88. The van der Waals surface area contributed by atoms with Crippen LogP contribution in [0, 0.1) is 0 Å². The highest BCUT2D eigenvalue weighted by molar-refractivity contribution is 6.54. The first-order valence-electron chi connectivity index (χ1n) is 9.12. The Hall–Kier alpha value is -1.86. The highest BCUT2D eigenvalue weighted by Crippen LogP contribution is 2.42. The lowest BCUT2D eigenvalue weighted by Crippen LogP contribution is -2.41. The Morgan fingerprint density at radius 1 is 1.27 bits per heavy atom. The highest BCUT2D eigenvalue weighted by atomic mass is 19.1. The smallest absolute Gasteiger partial charge is 0.472 e. The van der Waals surface area contributed by atoms with Gasteiger partial charge in [-0.2, -0.15) is 5.10 Å². The summed E-state index contributed by atoms with van der Waals surface area (Å²) in [5.41, 5.74) is 1.62. The number of hydrogen-bond donors (Lipinski definition) is 1. The van der Waals surface area contributed by atoms with Crippen molar-refractivity contribution in [2.45, 2.75) is 64.1 Å². The first-order valence-corrected chi connectivity index (χ1v) is 9.12. The minimum absolute atomic E-state index is 0.389. The fourth-order valence-corrected chi connectivity index (χ4v) is 3.30. The molecule has 26 heavy (non-hydrogen) atoms. The zero-order valence-corrected chi connectivity index (χ0v) is 15.6. The van der Waals surface area contributed by atoms with Crippen LogP contribution in [-0.2, 0) is 9.31 Å². The van der Waals surface area contributed by atoms with Crippen LogP contribution in [0.3, 0.4) is 0 Å². The lowest BCUT2D eigenvalue weighted by Gasteiger charge is -2.32. The number of nitrogens with zero attached hydrogens (tertiary/aromatic N) is 1. The largest absolute Gasteiger partial charge is 0.525 e. The third kappa shape index (κ3) is 2.83. The summed E-state index contributed by atoms with van der Waals surface area (Å²) in [4.78, 5) is 0. The maximum Gasteiger partial charge on any atom is 0.525 e. The summed E-state index contributed by atoms with van der Waals surface area (Å²) >= 11 is 0. The van der Waals surface area contributed by atoms with Crippen LogP contribution in [0.2, 0.25) is 0 Å². The van der Waals surface area contributed by atoms with Crippen molar-refractivity contribution in [1.29, 1.82) is 0 Å². The fraction of sp³-hybridized carbons (Fsp3) is 0.526. The summed E-state index contributed by atoms with van der Waals surface area (Å²) in [6, 6.07) is 1.82. The van der Waals surface area contributed by atoms with Gasteiger partial charge in [0, 0.05) is 22.7 Å². The van der Waals surface area contributed by atoms with Crippen molar-refractivity contribution >= 4 is 13.2 Å². The Morgan fingerprint density at radius 2 is 1.96 bits per heavy atom. The second kappa shape index (κ2) is 6.10. The zero-order chi connectivity index (χ0) is 18.5. The highest BCUT2D eigenvalue weighted by Gasteiger charge is 2.53. The maximum absolute atomic E-state index is 15.1. The molecule has 0 bridgehead atoms. The van der Waals surface area contributed by atoms with E-state index in [1.807, 2.05) is 33.8 Å². The molecule has 0 atom stereocenters. The molecule has 0 aromatic carbocycles. The summed E-state index contributed by atoms with van der Waals surface area (Å²) in [5.74, 6) is 0.389. The lowest BCUT2D eigenvalue weighted by molar-refractivity contribution is 0.00578. The SMILES string of the molecule is CC1(C)OB(C(F)=Cc2c(-c3ccoc3)n[nH]c2C2CCC2)OC1(C)C. The predicted molar refractivity (Wildman–Crippen MR) is 98.0 cm³/mol. The Morgan fingerprint density at radius 3 is 2.50 bits per heavy atom. The van der Waals surface area contributed by atoms with E-state index in [9.17, 15) is 0 Å². The number of H-pyrrole nitrogens is 1. The second-order valence-corrected chi connectivity index (χ2v) is 8.16. The van der Waals surface area contributed by atoms with Crippen LogP contribution in [0.1, 0.15) is 64.1 Å². The van der Waals surface area contributed by atoms with Crippen LogP contribution in [0.4, 0.5) is 4.39 Å². The molecule has 2 fully saturated rings. The van der Waals surface area contributed by atoms with Crippen LogP contribution in [0.5, 0.6) is 0 Å². The molecule has 3 heterocycles. The maximum atomic E-state index is 15.1. The molecule has 5 nitrogen and oxygen atoms in total. The molecule has 138 valence electrons. The summed E-state index contributed by atoms with van der Waals surface area (Å²) in [7, 11) is -1.01. The molecule has 2 aliphatic rings. The molecule has 1 aliphatic heterocycles. The summed E-state index contributed by atoms with van der Waals surface area (Å²) < 4.78 is 31.9. The number of nitrogens with one attached hydrogen (secondary N) is 1. The van der Waals surface area contributed by atoms with Gasteiger partial charge >= 0.3 is 7.12 Å². The summed E-state index contributed by atoms with van der Waals surface area (Å²) in [5, 5.41) is 7.53. The lowest BCUT2D eigenvalue weighted by atomic mass is 9.80. The molecule has 1 saturated carbocycles. The first-order chi connectivity index (χ1) is 12.3. The molecule has 7 heteroatoms. The molecule has 4 rings (SSSR count). The molecular weight excluding hydrogens is 334 g/mol. The molecule has 0 amide bonds. The van der Waals surface area contributed by atoms with Crippen molar-refractivity contribution in [3.8, 4) is 11.3 Å². The van der Waals surface area contributed by atoms with Crippen molar-refractivity contribution in [2.75, 3.05) is 0 Å². The Kier molecular flexibility index (Phi) is 4.12. The molecule has 0 radical (unpaired) electrons. The van der Waals surface area contributed by atoms with Gasteiger partial charge in [-0.1, -0.05) is 6.42 Å². The van der Waals surface area contributed by atoms with E-state index in [1.165, 1.54) is 12.5 Å². The van der Waals surface area contributed by atoms with E-state index in [0.29, 0.717) is 11.6 Å². The third-order valence-electron chi connectivity index (χ3n) is 5.90. The van der Waals surface area contributed by atoms with E-state index >= 15 is 4.39 Å². The summed E-state index contributed by atoms with van der Waals surface area (Å²) in [6.07, 6.45) is 8.07. The van der Waals surface area contributed by atoms with E-state index in [1.54, 1.807) is 12.5 Å². The van der Waals surface area contributed by atoms with E-state index < -0.39 is 24.0 Å². The molecule has 0 unspecified atom stereocenters. The van der Waals surface area contributed by atoms with Gasteiger partial charge < -0.3 is 13.7 Å². The number of rotatable bonds is 4. The number of furan rings is 1. The monoisotopic (exact) mass is 358 g/mol. The van der Waals surface area contributed by atoms with Gasteiger partial charge in [-0.3, -0.25) is 5.10 Å². The van der Waals surface area contributed by atoms with Crippen LogP contribution in [0.25, 0.3) is 17.3 Å². The molecule has 1 saturated heterocycles. The number of hydrogen-bond acceptors (Lipinski definition) is 4. The third-order valence-corrected chi connectivity index (χ3v) is 5.90. The Balaban J connectivity index is 1.70. The van der Waals surface area contributed by atoms with Crippen LogP contribution in [-0.4, -0.2) is 28.5 Å². The van der Waals surface area contributed by atoms with Gasteiger partial charge in [-0.15, -0.1) is 0 Å². The molecule has 1 N–H and O–H groups in total. The second-order valence-electron chi connectivity index (χ2n) is 8.16. The van der Waals surface area contributed by atoms with Gasteiger partial charge in [0.05, 0.1) is 23.7 Å². The van der Waals surface area contributed by atoms with Crippen molar-refractivity contribution in [3.05, 3.63) is 35.6 Å².